The summed E-state index contributed by atoms with van der Waals surface area (Å²) in [5.74, 6) is -0.870. The zero-order valence-electron chi connectivity index (χ0n) is 20.5. The lowest BCUT2D eigenvalue weighted by atomic mass is 9.97. The van der Waals surface area contributed by atoms with E-state index in [9.17, 15) is 18.7 Å². The van der Waals surface area contributed by atoms with Gasteiger partial charge in [-0.2, -0.15) is 0 Å². The van der Waals surface area contributed by atoms with Crippen LogP contribution in [0.3, 0.4) is 0 Å². The lowest BCUT2D eigenvalue weighted by Crippen LogP contribution is -2.17. The molecule has 0 radical (unpaired) electrons. The Labute approximate surface area is 210 Å². The highest BCUT2D eigenvalue weighted by molar-refractivity contribution is 5.85. The highest BCUT2D eigenvalue weighted by Gasteiger charge is 2.21. The molecule has 37 heavy (non-hydrogen) atoms. The van der Waals surface area contributed by atoms with Crippen molar-refractivity contribution in [2.45, 2.75) is 33.3 Å². The van der Waals surface area contributed by atoms with Gasteiger partial charge in [0.15, 0.2) is 22.7 Å². The molecule has 1 N–H and O–H groups in total. The van der Waals surface area contributed by atoms with Crippen LogP contribution in [0, 0.1) is 25.5 Å². The molecule has 0 fully saturated rings. The lowest BCUT2D eigenvalue weighted by molar-refractivity contribution is 0.0785. The van der Waals surface area contributed by atoms with E-state index in [1.54, 1.807) is 74.9 Å². The minimum absolute atomic E-state index is 0.162. The van der Waals surface area contributed by atoms with E-state index in [-0.39, 0.29) is 22.8 Å². The predicted octanol–water partition coefficient (Wildman–Crippen LogP) is 5.96. The third kappa shape index (κ3) is 4.61. The molecule has 188 valence electrons. The quantitative estimate of drug-likeness (QED) is 0.319. The summed E-state index contributed by atoms with van der Waals surface area (Å²) in [4.78, 5) is 13.0. The molecule has 2 aromatic heterocycles. The maximum atomic E-state index is 14.5. The molecule has 3 aromatic carbocycles. The topological polar surface area (TPSA) is 90.4 Å². The number of ether oxygens (including phenoxy) is 1. The Kier molecular flexibility index (Phi) is 5.88. The van der Waals surface area contributed by atoms with Gasteiger partial charge in [0.25, 0.3) is 0 Å². The molecule has 0 aliphatic rings. The van der Waals surface area contributed by atoms with Gasteiger partial charge in [-0.25, -0.2) is 8.78 Å². The standard InChI is InChI=1S/C28H23F2N3O4/c1-15-14-33(22-11-17(5-8-20(22)26(15)34)27-32-31-16(2)36-27)23-12-18(28(3,4)35)6-9-25(23)37-24-10-7-19(29)13-21(24)30/h5-14,35H,1-4H3. The average Bonchev–Trinajstić information content (AvgIpc) is 3.28. The van der Waals surface area contributed by atoms with E-state index in [4.69, 9.17) is 9.15 Å². The third-order valence-electron chi connectivity index (χ3n) is 5.99. The number of hydrogen-bond donors (Lipinski definition) is 1. The Balaban J connectivity index is 1.78. The van der Waals surface area contributed by atoms with E-state index in [1.165, 1.54) is 6.07 Å². The van der Waals surface area contributed by atoms with Crippen LogP contribution in [0.25, 0.3) is 28.0 Å². The van der Waals surface area contributed by atoms with Gasteiger partial charge in [-0.05, 0) is 68.8 Å². The Morgan fingerprint density at radius 3 is 2.41 bits per heavy atom. The van der Waals surface area contributed by atoms with Gasteiger partial charge in [-0.15, -0.1) is 10.2 Å². The van der Waals surface area contributed by atoms with Gasteiger partial charge < -0.3 is 18.8 Å². The SMILES string of the molecule is Cc1nnc(-c2ccc3c(=O)c(C)cn(-c4cc(C(C)(C)O)ccc4Oc4ccc(F)cc4F)c3c2)o1. The summed E-state index contributed by atoms with van der Waals surface area (Å²) in [6, 6.07) is 13.1. The van der Waals surface area contributed by atoms with Crippen molar-refractivity contribution in [3.05, 3.63) is 99.7 Å². The minimum atomic E-state index is -1.20. The number of aliphatic hydroxyl groups is 1. The molecule has 9 heteroatoms. The maximum Gasteiger partial charge on any atom is 0.247 e. The van der Waals surface area contributed by atoms with Crippen molar-refractivity contribution >= 4 is 10.9 Å². The van der Waals surface area contributed by atoms with Crippen LogP contribution in [-0.4, -0.2) is 19.9 Å². The van der Waals surface area contributed by atoms with Gasteiger partial charge in [-0.1, -0.05) is 6.07 Å². The van der Waals surface area contributed by atoms with Crippen LogP contribution in [0.2, 0.25) is 0 Å². The Hall–Kier alpha value is -4.37. The first-order valence-corrected chi connectivity index (χ1v) is 11.5. The number of fused-ring (bicyclic) bond motifs is 1. The Bertz CT molecular complexity index is 1720. The summed E-state index contributed by atoms with van der Waals surface area (Å²) in [6.07, 6.45) is 1.64. The monoisotopic (exact) mass is 503 g/mol. The van der Waals surface area contributed by atoms with Crippen LogP contribution in [0.5, 0.6) is 11.5 Å². The van der Waals surface area contributed by atoms with Crippen molar-refractivity contribution < 1.29 is 23.0 Å². The van der Waals surface area contributed by atoms with Gasteiger partial charge in [0, 0.05) is 35.7 Å². The smallest absolute Gasteiger partial charge is 0.247 e. The lowest BCUT2D eigenvalue weighted by Gasteiger charge is -2.22. The van der Waals surface area contributed by atoms with Crippen molar-refractivity contribution in [3.63, 3.8) is 0 Å². The number of rotatable bonds is 5. The van der Waals surface area contributed by atoms with E-state index in [0.29, 0.717) is 39.2 Å². The van der Waals surface area contributed by atoms with Gasteiger partial charge in [0.1, 0.15) is 5.82 Å². The van der Waals surface area contributed by atoms with Crippen molar-refractivity contribution in [1.82, 2.24) is 14.8 Å². The number of aryl methyl sites for hydroxylation is 2. The Morgan fingerprint density at radius 1 is 0.973 bits per heavy atom. The molecular weight excluding hydrogens is 480 g/mol. The molecule has 2 heterocycles. The van der Waals surface area contributed by atoms with Gasteiger partial charge in [0.05, 0.1) is 16.8 Å². The molecule has 0 saturated carbocycles. The van der Waals surface area contributed by atoms with E-state index >= 15 is 0 Å². The van der Waals surface area contributed by atoms with Crippen molar-refractivity contribution in [3.8, 4) is 28.6 Å². The predicted molar refractivity (Wildman–Crippen MR) is 134 cm³/mol. The highest BCUT2D eigenvalue weighted by atomic mass is 19.1. The van der Waals surface area contributed by atoms with Crippen LogP contribution < -0.4 is 10.2 Å². The zero-order valence-corrected chi connectivity index (χ0v) is 20.5. The molecule has 7 nitrogen and oxygen atoms in total. The van der Waals surface area contributed by atoms with Gasteiger partial charge in [-0.3, -0.25) is 4.79 Å². The molecule has 5 aromatic rings. The van der Waals surface area contributed by atoms with Crippen molar-refractivity contribution in [1.29, 1.82) is 0 Å². The summed E-state index contributed by atoms with van der Waals surface area (Å²) in [6.45, 7) is 6.64. The van der Waals surface area contributed by atoms with Crippen LogP contribution in [0.1, 0.15) is 30.9 Å². The summed E-state index contributed by atoms with van der Waals surface area (Å²) in [5.41, 5.74) is 1.17. The zero-order chi connectivity index (χ0) is 26.5. The summed E-state index contributed by atoms with van der Waals surface area (Å²) in [7, 11) is 0. The molecule has 0 unspecified atom stereocenters. The first-order chi connectivity index (χ1) is 17.5. The second kappa shape index (κ2) is 8.94. The third-order valence-corrected chi connectivity index (χ3v) is 5.99. The van der Waals surface area contributed by atoms with E-state index in [0.717, 1.165) is 12.1 Å². The molecule has 0 aliphatic heterocycles. The molecule has 0 bridgehead atoms. The highest BCUT2D eigenvalue weighted by Crippen LogP contribution is 2.35. The second-order valence-electron chi connectivity index (χ2n) is 9.29. The molecule has 0 aliphatic carbocycles. The van der Waals surface area contributed by atoms with Crippen molar-refractivity contribution in [2.75, 3.05) is 0 Å². The fraction of sp³-hybridized carbons (Fsp3) is 0.179. The van der Waals surface area contributed by atoms with Crippen LogP contribution in [0.4, 0.5) is 8.78 Å². The van der Waals surface area contributed by atoms with E-state index in [2.05, 4.69) is 10.2 Å². The van der Waals surface area contributed by atoms with Crippen molar-refractivity contribution in [2.24, 2.45) is 0 Å². The molecule has 0 saturated heterocycles. The minimum Gasteiger partial charge on any atom is -0.452 e. The van der Waals surface area contributed by atoms with Crippen LogP contribution in [0.15, 0.2) is 70.0 Å². The fourth-order valence-electron chi connectivity index (χ4n) is 4.05. The number of aromatic nitrogens is 3. The second-order valence-corrected chi connectivity index (χ2v) is 9.29. The summed E-state index contributed by atoms with van der Waals surface area (Å²) in [5, 5.41) is 19.1. The fourth-order valence-corrected chi connectivity index (χ4v) is 4.05. The molecular formula is C28H23F2N3O4. The number of benzene rings is 3. The van der Waals surface area contributed by atoms with E-state index < -0.39 is 17.2 Å². The first kappa shape index (κ1) is 24.3. The summed E-state index contributed by atoms with van der Waals surface area (Å²) >= 11 is 0. The Morgan fingerprint density at radius 2 is 1.73 bits per heavy atom. The van der Waals surface area contributed by atoms with Gasteiger partial charge in [0.2, 0.25) is 11.8 Å². The number of pyridine rings is 1. The number of nitrogens with zero attached hydrogens (tertiary/aromatic N) is 3. The number of halogens is 2. The van der Waals surface area contributed by atoms with Gasteiger partial charge >= 0.3 is 0 Å². The summed E-state index contributed by atoms with van der Waals surface area (Å²) < 4.78 is 41.1. The maximum absolute atomic E-state index is 14.5. The van der Waals surface area contributed by atoms with E-state index in [1.807, 2.05) is 0 Å². The van der Waals surface area contributed by atoms with Crippen LogP contribution in [-0.2, 0) is 5.60 Å². The molecule has 0 amide bonds. The number of hydrogen-bond acceptors (Lipinski definition) is 6. The molecule has 0 atom stereocenters. The first-order valence-electron chi connectivity index (χ1n) is 11.5. The average molecular weight is 504 g/mol. The molecule has 0 spiro atoms. The normalized spacial score (nSPS) is 11.8. The van der Waals surface area contributed by atoms with Crippen LogP contribution >= 0.6 is 0 Å². The molecule has 5 rings (SSSR count). The largest absolute Gasteiger partial charge is 0.452 e.